The molecule has 8 nitrogen and oxygen atoms in total. The van der Waals surface area contributed by atoms with Gasteiger partial charge >= 0.3 is 10.2 Å². The monoisotopic (exact) mass is 612 g/mol. The van der Waals surface area contributed by atoms with Crippen molar-refractivity contribution in [2.24, 2.45) is 0 Å². The fourth-order valence-electron chi connectivity index (χ4n) is 4.47. The van der Waals surface area contributed by atoms with Crippen LogP contribution in [0.25, 0.3) is 0 Å². The van der Waals surface area contributed by atoms with E-state index in [2.05, 4.69) is 5.32 Å². The highest BCUT2D eigenvalue weighted by molar-refractivity contribution is 7.90. The van der Waals surface area contributed by atoms with Crippen molar-refractivity contribution in [1.82, 2.24) is 14.5 Å². The van der Waals surface area contributed by atoms with Crippen molar-refractivity contribution in [2.75, 3.05) is 24.9 Å². The first-order valence-corrected chi connectivity index (χ1v) is 15.8. The Kier molecular flexibility index (Phi) is 11.6. The predicted octanol–water partition coefficient (Wildman–Crippen LogP) is 5.12. The average molecular weight is 613 g/mol. The third kappa shape index (κ3) is 8.56. The molecule has 0 aliphatic heterocycles. The summed E-state index contributed by atoms with van der Waals surface area (Å²) in [6, 6.07) is 21.0. The van der Waals surface area contributed by atoms with Crippen LogP contribution < -0.4 is 9.62 Å². The number of aryl methyl sites for hydroxylation is 2. The van der Waals surface area contributed by atoms with Gasteiger partial charge in [-0.25, -0.2) is 4.31 Å². The molecule has 0 radical (unpaired) electrons. The van der Waals surface area contributed by atoms with Crippen LogP contribution in [0, 0.1) is 13.8 Å². The normalized spacial score (nSPS) is 13.0. The molecule has 0 aliphatic rings. The van der Waals surface area contributed by atoms with E-state index in [1.807, 2.05) is 63.2 Å². The number of nitrogens with one attached hydrogen (secondary N) is 1. The summed E-state index contributed by atoms with van der Waals surface area (Å²) in [6.45, 7) is 7.16. The maximum Gasteiger partial charge on any atom is 0.304 e. The van der Waals surface area contributed by atoms with Gasteiger partial charge in [0.25, 0.3) is 0 Å². The van der Waals surface area contributed by atoms with Gasteiger partial charge < -0.3 is 10.2 Å². The van der Waals surface area contributed by atoms with Crippen LogP contribution in [0.3, 0.4) is 0 Å². The summed E-state index contributed by atoms with van der Waals surface area (Å²) < 4.78 is 29.4. The molecule has 42 heavy (non-hydrogen) atoms. The van der Waals surface area contributed by atoms with Crippen LogP contribution in [0.15, 0.2) is 72.8 Å². The zero-order valence-electron chi connectivity index (χ0n) is 25.2. The van der Waals surface area contributed by atoms with E-state index in [1.165, 1.54) is 19.0 Å². The van der Waals surface area contributed by atoms with Gasteiger partial charge in [0.05, 0.1) is 5.69 Å². The standard InChI is InChI=1S/C32H41ClN4O4S/c1-7-25(4)34-32(39)30(20-26-11-9-8-10-12-26)36(21-27-15-17-28(33)18-16-27)31(38)22-37(42(40,41)35(5)6)29-19-23(2)13-14-24(29)3/h8-19,25,30H,7,20-22H2,1-6H3,(H,34,39)/t25-,30+/m1/s1. The van der Waals surface area contributed by atoms with E-state index < -0.39 is 28.7 Å². The van der Waals surface area contributed by atoms with Crippen molar-refractivity contribution in [3.63, 3.8) is 0 Å². The lowest BCUT2D eigenvalue weighted by Crippen LogP contribution is -2.55. The van der Waals surface area contributed by atoms with E-state index in [1.54, 1.807) is 37.3 Å². The molecule has 3 aromatic carbocycles. The van der Waals surface area contributed by atoms with E-state index in [9.17, 15) is 18.0 Å². The molecule has 0 saturated carbocycles. The maximum absolute atomic E-state index is 14.4. The van der Waals surface area contributed by atoms with Crippen molar-refractivity contribution in [3.05, 3.63) is 100 Å². The molecule has 1 N–H and O–H groups in total. The number of benzene rings is 3. The van der Waals surface area contributed by atoms with Crippen LogP contribution in [0.1, 0.15) is 42.5 Å². The van der Waals surface area contributed by atoms with Crippen LogP contribution in [0.2, 0.25) is 5.02 Å². The molecule has 2 amide bonds. The molecule has 0 heterocycles. The Morgan fingerprint density at radius 2 is 1.57 bits per heavy atom. The van der Waals surface area contributed by atoms with Gasteiger partial charge in [-0.2, -0.15) is 12.7 Å². The van der Waals surface area contributed by atoms with Crippen molar-refractivity contribution in [2.45, 2.75) is 59.2 Å². The number of hydrogen-bond donors (Lipinski definition) is 1. The topological polar surface area (TPSA) is 90.0 Å². The lowest BCUT2D eigenvalue weighted by atomic mass is 10.0. The van der Waals surface area contributed by atoms with E-state index in [0.717, 1.165) is 31.7 Å². The van der Waals surface area contributed by atoms with Crippen molar-refractivity contribution >= 4 is 39.3 Å². The number of halogens is 1. The lowest BCUT2D eigenvalue weighted by Gasteiger charge is -2.35. The van der Waals surface area contributed by atoms with Gasteiger partial charge in [-0.05, 0) is 67.6 Å². The summed E-state index contributed by atoms with van der Waals surface area (Å²) in [6.07, 6.45) is 0.975. The first-order valence-electron chi connectivity index (χ1n) is 14.0. The summed E-state index contributed by atoms with van der Waals surface area (Å²) >= 11 is 6.13. The Balaban J connectivity index is 2.13. The molecule has 0 aromatic heterocycles. The molecular formula is C32H41ClN4O4S. The maximum atomic E-state index is 14.4. The molecule has 226 valence electrons. The Bertz CT molecular complexity index is 1460. The molecule has 0 bridgehead atoms. The van der Waals surface area contributed by atoms with E-state index >= 15 is 0 Å². The average Bonchev–Trinajstić information content (AvgIpc) is 2.96. The molecule has 10 heteroatoms. The lowest BCUT2D eigenvalue weighted by molar-refractivity contribution is -0.140. The number of nitrogens with zero attached hydrogens (tertiary/aromatic N) is 3. The molecule has 3 aromatic rings. The molecule has 0 aliphatic carbocycles. The molecule has 3 rings (SSSR count). The molecule has 0 spiro atoms. The predicted molar refractivity (Wildman–Crippen MR) is 170 cm³/mol. The highest BCUT2D eigenvalue weighted by Crippen LogP contribution is 2.26. The summed E-state index contributed by atoms with van der Waals surface area (Å²) in [5.74, 6) is -0.805. The fourth-order valence-corrected chi connectivity index (χ4v) is 5.71. The quantitative estimate of drug-likeness (QED) is 0.290. The van der Waals surface area contributed by atoms with Gasteiger partial charge in [-0.1, -0.05) is 73.1 Å². The van der Waals surface area contributed by atoms with Crippen molar-refractivity contribution < 1.29 is 18.0 Å². The van der Waals surface area contributed by atoms with Gasteiger partial charge in [0.15, 0.2) is 0 Å². The van der Waals surface area contributed by atoms with Crippen LogP contribution in [-0.2, 0) is 32.8 Å². The van der Waals surface area contributed by atoms with Crippen LogP contribution >= 0.6 is 11.6 Å². The second kappa shape index (κ2) is 14.7. The molecule has 0 fully saturated rings. The zero-order valence-corrected chi connectivity index (χ0v) is 26.7. The first kappa shape index (κ1) is 33.1. The Morgan fingerprint density at radius 1 is 0.929 bits per heavy atom. The van der Waals surface area contributed by atoms with Crippen molar-refractivity contribution in [3.8, 4) is 0 Å². The minimum atomic E-state index is -4.06. The van der Waals surface area contributed by atoms with E-state index in [0.29, 0.717) is 16.3 Å². The third-order valence-electron chi connectivity index (χ3n) is 7.19. The highest BCUT2D eigenvalue weighted by Gasteiger charge is 2.35. The summed E-state index contributed by atoms with van der Waals surface area (Å²) in [7, 11) is -1.20. The second-order valence-corrected chi connectivity index (χ2v) is 13.3. The number of carbonyl (C=O) groups is 2. The first-order chi connectivity index (χ1) is 19.8. The molecule has 0 saturated heterocycles. The third-order valence-corrected chi connectivity index (χ3v) is 9.25. The molecule has 0 unspecified atom stereocenters. The SMILES string of the molecule is CC[C@@H](C)NC(=O)[C@H](Cc1ccccc1)N(Cc1ccc(Cl)cc1)C(=O)CN(c1cc(C)ccc1C)S(=O)(=O)N(C)C. The van der Waals surface area contributed by atoms with E-state index in [4.69, 9.17) is 11.6 Å². The summed E-state index contributed by atoms with van der Waals surface area (Å²) in [5, 5.41) is 3.58. The van der Waals surface area contributed by atoms with Crippen molar-refractivity contribution in [1.29, 1.82) is 0 Å². The highest BCUT2D eigenvalue weighted by atomic mass is 35.5. The van der Waals surface area contributed by atoms with Crippen LogP contribution in [0.4, 0.5) is 5.69 Å². The number of hydrogen-bond acceptors (Lipinski definition) is 4. The fraction of sp³-hybridized carbons (Fsp3) is 0.375. The Labute approximate surface area is 255 Å². The van der Waals surface area contributed by atoms with Gasteiger partial charge in [0, 0.05) is 38.1 Å². The minimum Gasteiger partial charge on any atom is -0.352 e. The number of anilines is 1. The molecule has 2 atom stereocenters. The minimum absolute atomic E-state index is 0.0874. The largest absolute Gasteiger partial charge is 0.352 e. The zero-order chi connectivity index (χ0) is 31.0. The van der Waals surface area contributed by atoms with Gasteiger partial charge in [-0.3, -0.25) is 9.59 Å². The van der Waals surface area contributed by atoms with Crippen LogP contribution in [0.5, 0.6) is 0 Å². The van der Waals surface area contributed by atoms with E-state index in [-0.39, 0.29) is 24.9 Å². The number of amides is 2. The summed E-state index contributed by atoms with van der Waals surface area (Å²) in [4.78, 5) is 29.6. The number of carbonyl (C=O) groups excluding carboxylic acids is 2. The number of rotatable bonds is 13. The van der Waals surface area contributed by atoms with Gasteiger partial charge in [-0.15, -0.1) is 0 Å². The van der Waals surface area contributed by atoms with Gasteiger partial charge in [0.2, 0.25) is 11.8 Å². The smallest absolute Gasteiger partial charge is 0.304 e. The Morgan fingerprint density at radius 3 is 2.17 bits per heavy atom. The second-order valence-electron chi connectivity index (χ2n) is 10.8. The Hall–Kier alpha value is -3.40. The molecular weight excluding hydrogens is 572 g/mol. The van der Waals surface area contributed by atoms with Gasteiger partial charge in [0.1, 0.15) is 12.6 Å². The van der Waals surface area contributed by atoms with Crippen LogP contribution in [-0.4, -0.2) is 62.2 Å². The summed E-state index contributed by atoms with van der Waals surface area (Å²) in [5.41, 5.74) is 3.61.